The minimum absolute atomic E-state index is 0.0874. The van der Waals surface area contributed by atoms with Crippen LogP contribution in [0.1, 0.15) is 51.9 Å². The molecule has 0 atom stereocenters. The normalized spacial score (nSPS) is 21.0. The zero-order valence-corrected chi connectivity index (χ0v) is 14.5. The van der Waals surface area contributed by atoms with E-state index in [4.69, 9.17) is 4.74 Å². The smallest absolute Gasteiger partial charge is 0.331 e. The Balaban J connectivity index is 1.97. The van der Waals surface area contributed by atoms with Crippen LogP contribution >= 0.6 is 0 Å². The Kier molecular flexibility index (Phi) is 6.40. The van der Waals surface area contributed by atoms with Gasteiger partial charge in [0.25, 0.3) is 0 Å². The molecule has 6 heteroatoms. The van der Waals surface area contributed by atoms with Gasteiger partial charge in [-0.05, 0) is 38.7 Å². The molecule has 1 heterocycles. The van der Waals surface area contributed by atoms with Crippen molar-refractivity contribution in [3.05, 3.63) is 12.7 Å². The fraction of sp³-hybridized carbons (Fsp3) is 0.722. The second-order valence-corrected chi connectivity index (χ2v) is 6.66. The molecular formula is C18H28N2O4. The predicted molar refractivity (Wildman–Crippen MR) is 90.1 cm³/mol. The van der Waals surface area contributed by atoms with Crippen LogP contribution in [0.5, 0.6) is 0 Å². The van der Waals surface area contributed by atoms with Gasteiger partial charge in [0, 0.05) is 19.0 Å². The predicted octanol–water partition coefficient (Wildman–Crippen LogP) is 1.79. The summed E-state index contributed by atoms with van der Waals surface area (Å²) in [5.41, 5.74) is -0.862. The maximum atomic E-state index is 12.7. The number of hydrogen-bond donors (Lipinski definition) is 1. The third-order valence-corrected chi connectivity index (χ3v) is 5.09. The maximum absolute atomic E-state index is 12.7. The molecule has 2 amide bonds. The Bertz CT molecular complexity index is 489. The molecule has 1 aliphatic carbocycles. The fourth-order valence-electron chi connectivity index (χ4n) is 3.63. The van der Waals surface area contributed by atoms with Gasteiger partial charge in [0.15, 0.2) is 0 Å². The average Bonchev–Trinajstić information content (AvgIpc) is 2.62. The van der Waals surface area contributed by atoms with Crippen LogP contribution in [0.2, 0.25) is 0 Å². The lowest BCUT2D eigenvalue weighted by Gasteiger charge is -2.38. The first-order chi connectivity index (χ1) is 11.5. The van der Waals surface area contributed by atoms with Crippen LogP contribution in [0.25, 0.3) is 0 Å². The summed E-state index contributed by atoms with van der Waals surface area (Å²) in [6.07, 6.45) is 6.75. The number of esters is 1. The van der Waals surface area contributed by atoms with Gasteiger partial charge in [-0.25, -0.2) is 4.79 Å². The van der Waals surface area contributed by atoms with Gasteiger partial charge < -0.3 is 15.0 Å². The van der Waals surface area contributed by atoms with Gasteiger partial charge in [0.2, 0.25) is 11.8 Å². The first kappa shape index (κ1) is 18.5. The maximum Gasteiger partial charge on any atom is 0.331 e. The van der Waals surface area contributed by atoms with Gasteiger partial charge in [-0.3, -0.25) is 9.59 Å². The van der Waals surface area contributed by atoms with Crippen molar-refractivity contribution in [1.29, 1.82) is 0 Å². The second kappa shape index (κ2) is 8.31. The monoisotopic (exact) mass is 336 g/mol. The first-order valence-corrected chi connectivity index (χ1v) is 8.93. The number of carbonyl (C=O) groups excluding carboxylic acids is 3. The molecule has 24 heavy (non-hydrogen) atoms. The molecule has 6 nitrogen and oxygen atoms in total. The minimum atomic E-state index is -0.862. The lowest BCUT2D eigenvalue weighted by atomic mass is 9.80. The quantitative estimate of drug-likeness (QED) is 0.613. The molecule has 0 aromatic carbocycles. The number of nitrogens with one attached hydrogen (secondary N) is 1. The standard InChI is InChI=1S/C18H28N2O4/c1-3-15(21)20-12-8-14(9-13-20)16(22)19-18(17(23)24-4-2)10-6-5-7-11-18/h3,14H,1,4-13H2,2H3,(H,19,22). The molecule has 0 aromatic rings. The molecule has 0 radical (unpaired) electrons. The van der Waals surface area contributed by atoms with Crippen LogP contribution in [0.4, 0.5) is 0 Å². The highest BCUT2D eigenvalue weighted by Crippen LogP contribution is 2.30. The second-order valence-electron chi connectivity index (χ2n) is 6.66. The number of ether oxygens (including phenoxy) is 1. The van der Waals surface area contributed by atoms with E-state index in [0.717, 1.165) is 19.3 Å². The molecule has 1 N–H and O–H groups in total. The molecule has 0 unspecified atom stereocenters. The third-order valence-electron chi connectivity index (χ3n) is 5.09. The highest BCUT2D eigenvalue weighted by atomic mass is 16.5. The number of piperidine rings is 1. The molecule has 2 aliphatic rings. The fourth-order valence-corrected chi connectivity index (χ4v) is 3.63. The van der Waals surface area contributed by atoms with Crippen LogP contribution < -0.4 is 5.32 Å². The first-order valence-electron chi connectivity index (χ1n) is 8.93. The van der Waals surface area contributed by atoms with E-state index in [0.29, 0.717) is 45.4 Å². The van der Waals surface area contributed by atoms with E-state index in [1.165, 1.54) is 6.08 Å². The molecular weight excluding hydrogens is 308 g/mol. The Hall–Kier alpha value is -1.85. The number of amides is 2. The minimum Gasteiger partial charge on any atom is -0.464 e. The van der Waals surface area contributed by atoms with E-state index in [1.807, 2.05) is 0 Å². The number of rotatable bonds is 5. The summed E-state index contributed by atoms with van der Waals surface area (Å²) in [6, 6.07) is 0. The highest BCUT2D eigenvalue weighted by molar-refractivity contribution is 5.90. The molecule has 134 valence electrons. The van der Waals surface area contributed by atoms with Crippen LogP contribution in [0.3, 0.4) is 0 Å². The van der Waals surface area contributed by atoms with Crippen molar-refractivity contribution in [1.82, 2.24) is 10.2 Å². The molecule has 0 bridgehead atoms. The van der Waals surface area contributed by atoms with Crippen molar-refractivity contribution < 1.29 is 19.1 Å². The summed E-state index contributed by atoms with van der Waals surface area (Å²) in [5, 5.41) is 3.01. The molecule has 0 aromatic heterocycles. The lowest BCUT2D eigenvalue weighted by molar-refractivity contribution is -0.155. The zero-order chi connectivity index (χ0) is 17.6. The Morgan fingerprint density at radius 3 is 2.38 bits per heavy atom. The Labute approximate surface area is 143 Å². The van der Waals surface area contributed by atoms with Crippen LogP contribution in [-0.2, 0) is 19.1 Å². The Morgan fingerprint density at radius 1 is 1.21 bits per heavy atom. The number of hydrogen-bond acceptors (Lipinski definition) is 4. The zero-order valence-electron chi connectivity index (χ0n) is 14.5. The van der Waals surface area contributed by atoms with E-state index in [2.05, 4.69) is 11.9 Å². The van der Waals surface area contributed by atoms with Gasteiger partial charge in [0.05, 0.1) is 6.61 Å². The van der Waals surface area contributed by atoms with Gasteiger partial charge in [0.1, 0.15) is 5.54 Å². The summed E-state index contributed by atoms with van der Waals surface area (Å²) in [6.45, 7) is 6.69. The summed E-state index contributed by atoms with van der Waals surface area (Å²) < 4.78 is 5.22. The lowest BCUT2D eigenvalue weighted by Crippen LogP contribution is -2.58. The van der Waals surface area contributed by atoms with Crippen molar-refractivity contribution in [2.45, 2.75) is 57.4 Å². The van der Waals surface area contributed by atoms with E-state index in [-0.39, 0.29) is 23.7 Å². The number of carbonyl (C=O) groups is 3. The third kappa shape index (κ3) is 4.16. The van der Waals surface area contributed by atoms with Crippen LogP contribution in [0, 0.1) is 5.92 Å². The molecule has 1 aliphatic heterocycles. The van der Waals surface area contributed by atoms with Crippen molar-refractivity contribution in [2.24, 2.45) is 5.92 Å². The Morgan fingerprint density at radius 2 is 1.83 bits per heavy atom. The van der Waals surface area contributed by atoms with Crippen LogP contribution in [-0.4, -0.2) is 47.9 Å². The van der Waals surface area contributed by atoms with Gasteiger partial charge in [-0.1, -0.05) is 25.8 Å². The largest absolute Gasteiger partial charge is 0.464 e. The summed E-state index contributed by atoms with van der Waals surface area (Å²) >= 11 is 0. The highest BCUT2D eigenvalue weighted by Gasteiger charge is 2.43. The van der Waals surface area contributed by atoms with Gasteiger partial charge >= 0.3 is 5.97 Å². The summed E-state index contributed by atoms with van der Waals surface area (Å²) in [5.74, 6) is -0.649. The summed E-state index contributed by atoms with van der Waals surface area (Å²) in [7, 11) is 0. The topological polar surface area (TPSA) is 75.7 Å². The molecule has 1 saturated carbocycles. The molecule has 1 saturated heterocycles. The van der Waals surface area contributed by atoms with E-state index < -0.39 is 5.54 Å². The molecule has 0 spiro atoms. The number of likely N-dealkylation sites (tertiary alicyclic amines) is 1. The van der Waals surface area contributed by atoms with Crippen molar-refractivity contribution in [2.75, 3.05) is 19.7 Å². The van der Waals surface area contributed by atoms with E-state index in [1.54, 1.807) is 11.8 Å². The van der Waals surface area contributed by atoms with Gasteiger partial charge in [-0.2, -0.15) is 0 Å². The van der Waals surface area contributed by atoms with Crippen molar-refractivity contribution in [3.63, 3.8) is 0 Å². The summed E-state index contributed by atoms with van der Waals surface area (Å²) in [4.78, 5) is 38.4. The van der Waals surface area contributed by atoms with Crippen molar-refractivity contribution >= 4 is 17.8 Å². The van der Waals surface area contributed by atoms with Gasteiger partial charge in [-0.15, -0.1) is 0 Å². The van der Waals surface area contributed by atoms with Crippen LogP contribution in [0.15, 0.2) is 12.7 Å². The van der Waals surface area contributed by atoms with E-state index in [9.17, 15) is 14.4 Å². The SMILES string of the molecule is C=CC(=O)N1CCC(C(=O)NC2(C(=O)OCC)CCCCC2)CC1. The average molecular weight is 336 g/mol. The van der Waals surface area contributed by atoms with Crippen molar-refractivity contribution in [3.8, 4) is 0 Å². The molecule has 2 fully saturated rings. The van der Waals surface area contributed by atoms with E-state index >= 15 is 0 Å². The number of nitrogens with zero attached hydrogens (tertiary/aromatic N) is 1. The molecule has 2 rings (SSSR count).